The average Bonchev–Trinajstić information content (AvgIpc) is 3.35. The summed E-state index contributed by atoms with van der Waals surface area (Å²) < 4.78 is 20.5. The third kappa shape index (κ3) is 2.77. The van der Waals surface area contributed by atoms with Gasteiger partial charge >= 0.3 is 11.3 Å². The van der Waals surface area contributed by atoms with Crippen molar-refractivity contribution in [1.82, 2.24) is 0 Å². The molecular formula is C22H12O6. The highest BCUT2D eigenvalue weighted by Gasteiger charge is 2.05. The van der Waals surface area contributed by atoms with E-state index in [1.807, 2.05) is 24.3 Å². The van der Waals surface area contributed by atoms with E-state index in [-0.39, 0.29) is 11.3 Å². The van der Waals surface area contributed by atoms with Gasteiger partial charge in [0, 0.05) is 34.4 Å². The number of hydrogen-bond donors (Lipinski definition) is 0. The van der Waals surface area contributed by atoms with E-state index < -0.39 is 0 Å². The number of hydrogen-bond acceptors (Lipinski definition) is 6. The molecule has 0 aliphatic heterocycles. The molecular weight excluding hydrogens is 360 g/mol. The Morgan fingerprint density at radius 3 is 2.11 bits per heavy atom. The van der Waals surface area contributed by atoms with Crippen LogP contribution in [0.5, 0.6) is 0 Å². The lowest BCUT2D eigenvalue weighted by Gasteiger charge is -1.95. The Bertz CT molecular complexity index is 1550. The van der Waals surface area contributed by atoms with Crippen LogP contribution in [0.3, 0.4) is 0 Å². The summed E-state index contributed by atoms with van der Waals surface area (Å²) in [6.45, 7) is 0. The van der Waals surface area contributed by atoms with Crippen LogP contribution in [0.4, 0.5) is 0 Å². The molecule has 6 nitrogen and oxygen atoms in total. The van der Waals surface area contributed by atoms with Crippen molar-refractivity contribution in [3.8, 4) is 0 Å². The van der Waals surface area contributed by atoms with E-state index >= 15 is 0 Å². The van der Waals surface area contributed by atoms with Gasteiger partial charge in [0.15, 0.2) is 0 Å². The smallest absolute Gasteiger partial charge is 0.336 e. The summed E-state index contributed by atoms with van der Waals surface area (Å²) in [4.78, 5) is 22.0. The SMILES string of the molecule is O=c1ccc2cc3ccoc3cc2o1.O=c1ccc2ccc3occc3c2o1. The van der Waals surface area contributed by atoms with Crippen molar-refractivity contribution in [1.29, 1.82) is 0 Å². The van der Waals surface area contributed by atoms with Crippen LogP contribution in [0.1, 0.15) is 0 Å². The third-order valence-electron chi connectivity index (χ3n) is 4.41. The summed E-state index contributed by atoms with van der Waals surface area (Å²) >= 11 is 0. The van der Waals surface area contributed by atoms with Crippen molar-refractivity contribution in [3.63, 3.8) is 0 Å². The molecule has 0 fully saturated rings. The molecule has 0 unspecified atom stereocenters. The second kappa shape index (κ2) is 6.28. The minimum Gasteiger partial charge on any atom is -0.464 e. The normalized spacial score (nSPS) is 11.1. The molecule has 136 valence electrons. The highest BCUT2D eigenvalue weighted by Crippen LogP contribution is 2.24. The maximum absolute atomic E-state index is 11.1. The molecule has 4 heterocycles. The van der Waals surface area contributed by atoms with Gasteiger partial charge in [-0.2, -0.15) is 0 Å². The summed E-state index contributed by atoms with van der Waals surface area (Å²) in [5.41, 5.74) is 1.91. The van der Waals surface area contributed by atoms with Gasteiger partial charge in [0.1, 0.15) is 22.3 Å². The van der Waals surface area contributed by atoms with Gasteiger partial charge in [-0.3, -0.25) is 0 Å². The van der Waals surface area contributed by atoms with E-state index in [2.05, 4.69) is 0 Å². The summed E-state index contributed by atoms with van der Waals surface area (Å²) in [7, 11) is 0. The highest BCUT2D eigenvalue weighted by atomic mass is 16.4. The summed E-state index contributed by atoms with van der Waals surface area (Å²) in [5.74, 6) is 0. The van der Waals surface area contributed by atoms with Gasteiger partial charge in [0.2, 0.25) is 0 Å². The van der Waals surface area contributed by atoms with Crippen LogP contribution < -0.4 is 11.3 Å². The lowest BCUT2D eigenvalue weighted by molar-refractivity contribution is 0.559. The minimum absolute atomic E-state index is 0.341. The number of furan rings is 2. The lowest BCUT2D eigenvalue weighted by atomic mass is 10.2. The van der Waals surface area contributed by atoms with Gasteiger partial charge in [-0.25, -0.2) is 9.59 Å². The molecule has 4 aromatic heterocycles. The van der Waals surface area contributed by atoms with Crippen molar-refractivity contribution in [3.05, 3.63) is 94.0 Å². The molecule has 6 rings (SSSR count). The van der Waals surface area contributed by atoms with E-state index in [4.69, 9.17) is 17.7 Å². The topological polar surface area (TPSA) is 86.7 Å². The van der Waals surface area contributed by atoms with E-state index in [0.717, 1.165) is 32.7 Å². The Hall–Kier alpha value is -4.06. The van der Waals surface area contributed by atoms with Gasteiger partial charge in [-0.1, -0.05) is 0 Å². The number of fused-ring (bicyclic) bond motifs is 5. The van der Waals surface area contributed by atoms with Gasteiger partial charge in [0.05, 0.1) is 17.9 Å². The predicted molar refractivity (Wildman–Crippen MR) is 105 cm³/mol. The molecule has 0 radical (unpaired) electrons. The van der Waals surface area contributed by atoms with Crippen LogP contribution in [0.2, 0.25) is 0 Å². The fraction of sp³-hybridized carbons (Fsp3) is 0. The van der Waals surface area contributed by atoms with Crippen LogP contribution in [0.15, 0.2) is 100 Å². The van der Waals surface area contributed by atoms with Crippen LogP contribution in [-0.4, -0.2) is 0 Å². The first-order valence-corrected chi connectivity index (χ1v) is 8.49. The zero-order chi connectivity index (χ0) is 19.1. The molecule has 0 saturated heterocycles. The average molecular weight is 372 g/mol. The van der Waals surface area contributed by atoms with Crippen molar-refractivity contribution in [2.24, 2.45) is 0 Å². The quantitative estimate of drug-likeness (QED) is 0.346. The second-order valence-corrected chi connectivity index (χ2v) is 6.17. The Morgan fingerprint density at radius 2 is 1.21 bits per heavy atom. The van der Waals surface area contributed by atoms with Crippen molar-refractivity contribution in [2.45, 2.75) is 0 Å². The Morgan fingerprint density at radius 1 is 0.536 bits per heavy atom. The first kappa shape index (κ1) is 16.1. The monoisotopic (exact) mass is 372 g/mol. The van der Waals surface area contributed by atoms with E-state index in [1.54, 1.807) is 36.8 Å². The van der Waals surface area contributed by atoms with Gasteiger partial charge in [-0.15, -0.1) is 0 Å². The Labute approximate surface area is 156 Å². The molecule has 0 saturated carbocycles. The molecule has 0 N–H and O–H groups in total. The molecule has 0 aliphatic rings. The zero-order valence-corrected chi connectivity index (χ0v) is 14.4. The van der Waals surface area contributed by atoms with Gasteiger partial charge in [-0.05, 0) is 42.5 Å². The molecule has 0 atom stereocenters. The zero-order valence-electron chi connectivity index (χ0n) is 14.4. The van der Waals surface area contributed by atoms with Crippen molar-refractivity contribution >= 4 is 43.9 Å². The molecule has 6 aromatic rings. The predicted octanol–water partition coefficient (Wildman–Crippen LogP) is 5.08. The van der Waals surface area contributed by atoms with Crippen LogP contribution in [-0.2, 0) is 0 Å². The molecule has 0 spiro atoms. The molecule has 0 bridgehead atoms. The maximum Gasteiger partial charge on any atom is 0.336 e. The molecule has 0 amide bonds. The van der Waals surface area contributed by atoms with E-state index in [1.165, 1.54) is 12.1 Å². The fourth-order valence-corrected chi connectivity index (χ4v) is 3.10. The van der Waals surface area contributed by atoms with Crippen LogP contribution >= 0.6 is 0 Å². The van der Waals surface area contributed by atoms with Crippen LogP contribution in [0.25, 0.3) is 43.9 Å². The van der Waals surface area contributed by atoms with E-state index in [0.29, 0.717) is 11.2 Å². The van der Waals surface area contributed by atoms with Gasteiger partial charge in [0.25, 0.3) is 0 Å². The summed E-state index contributed by atoms with van der Waals surface area (Å²) in [6, 6.07) is 17.4. The van der Waals surface area contributed by atoms with Gasteiger partial charge < -0.3 is 17.7 Å². The van der Waals surface area contributed by atoms with Crippen LogP contribution in [0, 0.1) is 0 Å². The second-order valence-electron chi connectivity index (χ2n) is 6.17. The highest BCUT2D eigenvalue weighted by molar-refractivity contribution is 6.01. The fourth-order valence-electron chi connectivity index (χ4n) is 3.10. The Balaban J connectivity index is 0.000000122. The molecule has 6 heteroatoms. The summed E-state index contributed by atoms with van der Waals surface area (Å²) in [6.07, 6.45) is 3.19. The number of rotatable bonds is 0. The first-order valence-electron chi connectivity index (χ1n) is 8.49. The first-order chi connectivity index (χ1) is 13.7. The largest absolute Gasteiger partial charge is 0.464 e. The minimum atomic E-state index is -0.344. The lowest BCUT2D eigenvalue weighted by Crippen LogP contribution is -1.93. The molecule has 2 aromatic carbocycles. The maximum atomic E-state index is 11.1. The number of benzene rings is 2. The summed E-state index contributed by atoms with van der Waals surface area (Å²) in [5, 5.41) is 3.64. The standard InChI is InChI=1S/2C11H6O3/c12-10-4-2-7-1-3-9-8(5-6-13-9)11(7)14-10;12-11-2-1-7-5-8-3-4-13-9(8)6-10(7)14-11/h2*1-6H. The third-order valence-corrected chi connectivity index (χ3v) is 4.41. The van der Waals surface area contributed by atoms with Crippen molar-refractivity contribution < 1.29 is 17.7 Å². The molecule has 28 heavy (non-hydrogen) atoms. The van der Waals surface area contributed by atoms with E-state index in [9.17, 15) is 9.59 Å². The molecule has 0 aliphatic carbocycles. The van der Waals surface area contributed by atoms with Crippen molar-refractivity contribution in [2.75, 3.05) is 0 Å². The Kier molecular flexibility index (Phi) is 3.62.